The number of rotatable bonds is 1. The van der Waals surface area contributed by atoms with Gasteiger partial charge in [0.05, 0.1) is 0 Å². The van der Waals surface area contributed by atoms with Crippen LogP contribution < -0.4 is 5.73 Å². The minimum absolute atomic E-state index is 0.670. The van der Waals surface area contributed by atoms with Crippen molar-refractivity contribution in [1.29, 1.82) is 0 Å². The molecule has 0 unspecified atom stereocenters. The summed E-state index contributed by atoms with van der Waals surface area (Å²) in [5, 5.41) is 0. The highest BCUT2D eigenvalue weighted by Gasteiger charge is 2.12. The summed E-state index contributed by atoms with van der Waals surface area (Å²) in [6.45, 7) is 0.670. The fourth-order valence-electron chi connectivity index (χ4n) is 1.77. The summed E-state index contributed by atoms with van der Waals surface area (Å²) in [5.74, 6) is 0. The van der Waals surface area contributed by atoms with E-state index in [9.17, 15) is 0 Å². The van der Waals surface area contributed by atoms with Gasteiger partial charge >= 0.3 is 0 Å². The van der Waals surface area contributed by atoms with E-state index in [1.807, 2.05) is 0 Å². The Bertz CT molecular complexity index is 286. The summed E-state index contributed by atoms with van der Waals surface area (Å²) in [6, 6.07) is 8.60. The number of hydrogen-bond acceptors (Lipinski definition) is 1. The van der Waals surface area contributed by atoms with Gasteiger partial charge in [-0.3, -0.25) is 0 Å². The van der Waals surface area contributed by atoms with Crippen molar-refractivity contribution >= 4 is 0 Å². The van der Waals surface area contributed by atoms with Gasteiger partial charge in [-0.25, -0.2) is 0 Å². The van der Waals surface area contributed by atoms with Crippen LogP contribution in [0, 0.1) is 0 Å². The topological polar surface area (TPSA) is 26.0 Å². The summed E-state index contributed by atoms with van der Waals surface area (Å²) in [6.07, 6.45) is 4.35. The van der Waals surface area contributed by atoms with Crippen LogP contribution in [-0.2, 0) is 12.8 Å². The van der Waals surface area contributed by atoms with Gasteiger partial charge in [-0.05, 0) is 24.0 Å². The average molecular weight is 159 g/mol. The van der Waals surface area contributed by atoms with Crippen molar-refractivity contribution in [3.05, 3.63) is 47.0 Å². The molecule has 2 rings (SSSR count). The number of nitrogens with two attached hydrogens (primary N) is 1. The molecule has 2 N–H and O–H groups in total. The molecule has 62 valence electrons. The smallest absolute Gasteiger partial charge is 0.0109 e. The molecule has 0 saturated heterocycles. The maximum atomic E-state index is 5.47. The van der Waals surface area contributed by atoms with Crippen molar-refractivity contribution in [1.82, 2.24) is 0 Å². The number of benzene rings is 1. The Morgan fingerprint density at radius 1 is 1.17 bits per heavy atom. The molecule has 0 heterocycles. The average Bonchev–Trinajstić information content (AvgIpc) is 2.47. The fourth-order valence-corrected chi connectivity index (χ4v) is 1.77. The molecule has 1 nitrogen and oxygen atoms in total. The lowest BCUT2D eigenvalue weighted by Crippen LogP contribution is -1.95. The van der Waals surface area contributed by atoms with E-state index in [4.69, 9.17) is 5.73 Å². The van der Waals surface area contributed by atoms with Gasteiger partial charge in [0, 0.05) is 6.54 Å². The molecule has 0 aromatic heterocycles. The quantitative estimate of drug-likeness (QED) is 0.620. The highest BCUT2D eigenvalue weighted by Crippen LogP contribution is 2.25. The molecule has 1 aliphatic rings. The highest BCUT2D eigenvalue weighted by atomic mass is 14.5. The Kier molecular flexibility index (Phi) is 1.96. The van der Waals surface area contributed by atoms with E-state index in [0.717, 1.165) is 12.8 Å². The van der Waals surface area contributed by atoms with E-state index in [1.165, 1.54) is 16.7 Å². The SMILES string of the molecule is NCC=C1Cc2ccccc2C1. The summed E-state index contributed by atoms with van der Waals surface area (Å²) in [4.78, 5) is 0. The van der Waals surface area contributed by atoms with Crippen molar-refractivity contribution in [3.8, 4) is 0 Å². The first kappa shape index (κ1) is 7.56. The third kappa shape index (κ3) is 1.28. The highest BCUT2D eigenvalue weighted by molar-refractivity contribution is 5.40. The zero-order chi connectivity index (χ0) is 8.39. The molecular weight excluding hydrogens is 146 g/mol. The van der Waals surface area contributed by atoms with Crippen LogP contribution in [0.25, 0.3) is 0 Å². The maximum absolute atomic E-state index is 5.47. The first-order valence-corrected chi connectivity index (χ1v) is 4.35. The van der Waals surface area contributed by atoms with Crippen LogP contribution in [0.4, 0.5) is 0 Å². The second-order valence-corrected chi connectivity index (χ2v) is 3.22. The van der Waals surface area contributed by atoms with Gasteiger partial charge in [-0.2, -0.15) is 0 Å². The van der Waals surface area contributed by atoms with Gasteiger partial charge in [0.1, 0.15) is 0 Å². The van der Waals surface area contributed by atoms with Crippen LogP contribution in [0.1, 0.15) is 11.1 Å². The summed E-state index contributed by atoms with van der Waals surface area (Å²) in [7, 11) is 0. The second-order valence-electron chi connectivity index (χ2n) is 3.22. The van der Waals surface area contributed by atoms with Crippen molar-refractivity contribution in [2.24, 2.45) is 5.73 Å². The van der Waals surface area contributed by atoms with Crippen molar-refractivity contribution < 1.29 is 0 Å². The zero-order valence-electron chi connectivity index (χ0n) is 7.09. The summed E-state index contributed by atoms with van der Waals surface area (Å²) >= 11 is 0. The first-order chi connectivity index (χ1) is 5.90. The third-order valence-electron chi connectivity index (χ3n) is 2.36. The number of allylic oxidation sites excluding steroid dienone is 1. The van der Waals surface area contributed by atoms with Crippen LogP contribution >= 0.6 is 0 Å². The van der Waals surface area contributed by atoms with E-state index in [1.54, 1.807) is 0 Å². The molecule has 0 radical (unpaired) electrons. The second kappa shape index (κ2) is 3.11. The monoisotopic (exact) mass is 159 g/mol. The van der Waals surface area contributed by atoms with E-state index in [0.29, 0.717) is 6.54 Å². The maximum Gasteiger partial charge on any atom is 0.0109 e. The minimum atomic E-state index is 0.670. The Balaban J connectivity index is 2.27. The fraction of sp³-hybridized carbons (Fsp3) is 0.273. The van der Waals surface area contributed by atoms with Gasteiger partial charge in [0.15, 0.2) is 0 Å². The van der Waals surface area contributed by atoms with Gasteiger partial charge in [-0.15, -0.1) is 0 Å². The molecule has 0 atom stereocenters. The molecule has 0 amide bonds. The van der Waals surface area contributed by atoms with E-state index in [2.05, 4.69) is 30.3 Å². The largest absolute Gasteiger partial charge is 0.327 e. The molecule has 1 aliphatic carbocycles. The first-order valence-electron chi connectivity index (χ1n) is 4.35. The van der Waals surface area contributed by atoms with Gasteiger partial charge in [-0.1, -0.05) is 35.9 Å². The van der Waals surface area contributed by atoms with Crippen molar-refractivity contribution in [3.63, 3.8) is 0 Å². The molecule has 0 spiro atoms. The minimum Gasteiger partial charge on any atom is -0.327 e. The molecule has 1 aromatic carbocycles. The molecule has 0 fully saturated rings. The third-order valence-corrected chi connectivity index (χ3v) is 2.36. The van der Waals surface area contributed by atoms with E-state index in [-0.39, 0.29) is 0 Å². The Morgan fingerprint density at radius 3 is 2.25 bits per heavy atom. The molecule has 1 heteroatoms. The molecular formula is C11H13N. The Labute approximate surface area is 72.9 Å². The predicted molar refractivity (Wildman–Crippen MR) is 51.0 cm³/mol. The van der Waals surface area contributed by atoms with E-state index < -0.39 is 0 Å². The molecule has 0 bridgehead atoms. The lowest BCUT2D eigenvalue weighted by molar-refractivity contribution is 1.11. The van der Waals surface area contributed by atoms with Crippen LogP contribution in [0.3, 0.4) is 0 Å². The normalized spacial score (nSPS) is 14.6. The summed E-state index contributed by atoms with van der Waals surface area (Å²) in [5.41, 5.74) is 9.88. The zero-order valence-corrected chi connectivity index (χ0v) is 7.09. The van der Waals surface area contributed by atoms with Crippen molar-refractivity contribution in [2.45, 2.75) is 12.8 Å². The lowest BCUT2D eigenvalue weighted by Gasteiger charge is -1.92. The Hall–Kier alpha value is -1.08. The molecule has 0 aliphatic heterocycles. The van der Waals surface area contributed by atoms with Crippen molar-refractivity contribution in [2.75, 3.05) is 6.54 Å². The summed E-state index contributed by atoms with van der Waals surface area (Å²) < 4.78 is 0. The van der Waals surface area contributed by atoms with Crippen LogP contribution in [0.5, 0.6) is 0 Å². The lowest BCUT2D eigenvalue weighted by atomic mass is 10.1. The van der Waals surface area contributed by atoms with Gasteiger partial charge in [0.2, 0.25) is 0 Å². The Morgan fingerprint density at radius 2 is 1.75 bits per heavy atom. The van der Waals surface area contributed by atoms with E-state index >= 15 is 0 Å². The van der Waals surface area contributed by atoms with Gasteiger partial charge in [0.25, 0.3) is 0 Å². The van der Waals surface area contributed by atoms with Crippen LogP contribution in [0.15, 0.2) is 35.9 Å². The van der Waals surface area contributed by atoms with Gasteiger partial charge < -0.3 is 5.73 Å². The number of fused-ring (bicyclic) bond motifs is 1. The predicted octanol–water partition coefficient (Wildman–Crippen LogP) is 1.67. The van der Waals surface area contributed by atoms with Crippen LogP contribution in [0.2, 0.25) is 0 Å². The molecule has 1 aromatic rings. The molecule has 0 saturated carbocycles. The molecule has 12 heavy (non-hydrogen) atoms. The number of hydrogen-bond donors (Lipinski definition) is 1. The standard InChI is InChI=1S/C11H13N/c12-6-5-9-7-10-3-1-2-4-11(10)8-9/h1-5H,6-8,12H2. The van der Waals surface area contributed by atoms with Crippen LogP contribution in [-0.4, -0.2) is 6.54 Å².